The molecule has 0 heterocycles. The third-order valence-electron chi connectivity index (χ3n) is 11.9. The Morgan fingerprint density at radius 2 is 0.645 bits per heavy atom. The normalized spacial score (nSPS) is 14.2. The van der Waals surface area contributed by atoms with E-state index in [-0.39, 0.29) is 25.9 Å². The molecular weight excluding hydrogens is 976 g/mol. The van der Waals surface area contributed by atoms with E-state index in [2.05, 4.69) is 142 Å². The van der Waals surface area contributed by atoms with Crippen LogP contribution in [0, 0.1) is 0 Å². The molecule has 2 N–H and O–H groups in total. The molecule has 3 unspecified atom stereocenters. The highest BCUT2D eigenvalue weighted by Gasteiger charge is 2.28. The fourth-order valence-electron chi connectivity index (χ4n) is 7.49. The zero-order valence-electron chi connectivity index (χ0n) is 47.7. The Kier molecular flexibility index (Phi) is 54.0. The highest BCUT2D eigenvalue weighted by Crippen LogP contribution is 2.43. The van der Waals surface area contributed by atoms with Crippen LogP contribution in [-0.2, 0) is 42.2 Å². The van der Waals surface area contributed by atoms with Gasteiger partial charge in [-0.05, 0) is 122 Å². The molecule has 0 aromatic rings. The summed E-state index contributed by atoms with van der Waals surface area (Å²) in [7, 11) is -4.77. The first-order valence-electron chi connectivity index (χ1n) is 29.4. The van der Waals surface area contributed by atoms with Crippen LogP contribution in [0.25, 0.3) is 0 Å². The van der Waals surface area contributed by atoms with Crippen molar-refractivity contribution in [2.45, 2.75) is 238 Å². The number of hydrogen-bond acceptors (Lipinski definition) is 10. The van der Waals surface area contributed by atoms with Gasteiger partial charge in [0.25, 0.3) is 0 Å². The number of allylic oxidation sites excluding steroid dienone is 20. The van der Waals surface area contributed by atoms with Crippen LogP contribution in [0.1, 0.15) is 226 Å². The average molecular weight is 1080 g/mol. The van der Waals surface area contributed by atoms with Gasteiger partial charge in [0, 0.05) is 19.3 Å². The maximum absolute atomic E-state index is 12.9. The number of aliphatic hydroxyl groups is 1. The molecule has 0 aliphatic heterocycles. The summed E-state index contributed by atoms with van der Waals surface area (Å²) in [5.74, 6) is -1.53. The second-order valence-electron chi connectivity index (χ2n) is 19.0. The van der Waals surface area contributed by atoms with Crippen LogP contribution in [0.5, 0.6) is 0 Å². The van der Waals surface area contributed by atoms with E-state index in [0.717, 1.165) is 154 Å². The van der Waals surface area contributed by atoms with Crippen LogP contribution in [0.3, 0.4) is 0 Å². The van der Waals surface area contributed by atoms with Gasteiger partial charge in [-0.1, -0.05) is 206 Å². The van der Waals surface area contributed by atoms with Crippen molar-refractivity contribution in [3.8, 4) is 0 Å². The molecule has 0 radical (unpaired) electrons. The fourth-order valence-corrected chi connectivity index (χ4v) is 8.28. The largest absolute Gasteiger partial charge is 0.472 e. The van der Waals surface area contributed by atoms with Crippen LogP contribution in [0.15, 0.2) is 122 Å². The van der Waals surface area contributed by atoms with E-state index in [1.54, 1.807) is 0 Å². The zero-order chi connectivity index (χ0) is 55.5. The molecule has 0 spiro atoms. The highest BCUT2D eigenvalue weighted by molar-refractivity contribution is 7.47. The van der Waals surface area contributed by atoms with Crippen molar-refractivity contribution in [1.29, 1.82) is 0 Å². The number of carbonyl (C=O) groups excluding carboxylic acids is 3. The number of ether oxygens (including phenoxy) is 3. The number of hydrogen-bond donors (Lipinski definition) is 2. The van der Waals surface area contributed by atoms with Gasteiger partial charge in [0.1, 0.15) is 12.7 Å². The molecule has 0 aromatic carbocycles. The molecule has 0 aromatic heterocycles. The molecule has 76 heavy (non-hydrogen) atoms. The van der Waals surface area contributed by atoms with E-state index >= 15 is 0 Å². The molecule has 12 heteroatoms. The molecule has 432 valence electrons. The third-order valence-corrected chi connectivity index (χ3v) is 12.8. The molecule has 0 saturated carbocycles. The zero-order valence-corrected chi connectivity index (χ0v) is 48.6. The molecule has 0 aliphatic carbocycles. The van der Waals surface area contributed by atoms with Gasteiger partial charge in [-0.3, -0.25) is 23.4 Å². The number of unbranched alkanes of at least 4 members (excludes halogenated alkanes) is 16. The van der Waals surface area contributed by atoms with Gasteiger partial charge in [0.2, 0.25) is 0 Å². The summed E-state index contributed by atoms with van der Waals surface area (Å²) in [5, 5.41) is 9.81. The lowest BCUT2D eigenvalue weighted by molar-refractivity contribution is -0.161. The lowest BCUT2D eigenvalue weighted by Gasteiger charge is -2.21. The van der Waals surface area contributed by atoms with E-state index in [4.69, 9.17) is 23.3 Å². The number of phosphoric acid groups is 1. The SMILES string of the molecule is CC/C=C\C/C=C\C/C=C\C/C=C\CCCCCCCCC(=O)OC(COC(=O)CCCCCCCCC/C=C\C/C=C\C/C=C\CC)COP(=O)(O)OCC(CO)OC(=O)CCCCC/C=C\C/C=C\C/C=C\CC. The Bertz CT molecular complexity index is 1740. The Balaban J connectivity index is 4.81. The second-order valence-corrected chi connectivity index (χ2v) is 20.5. The van der Waals surface area contributed by atoms with Crippen molar-refractivity contribution < 1.29 is 52.2 Å². The monoisotopic (exact) mass is 1080 g/mol. The minimum atomic E-state index is -4.77. The molecule has 0 fully saturated rings. The van der Waals surface area contributed by atoms with Gasteiger partial charge in [-0.2, -0.15) is 0 Å². The quantitative estimate of drug-likeness (QED) is 0.0197. The summed E-state index contributed by atoms with van der Waals surface area (Å²) >= 11 is 0. The number of carbonyl (C=O) groups is 3. The third kappa shape index (κ3) is 54.7. The number of aliphatic hydroxyl groups excluding tert-OH is 1. The molecular formula is C64H105O11P. The van der Waals surface area contributed by atoms with Gasteiger partial charge in [-0.25, -0.2) is 4.57 Å². The van der Waals surface area contributed by atoms with Gasteiger partial charge >= 0.3 is 25.7 Å². The van der Waals surface area contributed by atoms with E-state index in [1.165, 1.54) is 12.8 Å². The smallest absolute Gasteiger partial charge is 0.462 e. The van der Waals surface area contributed by atoms with Crippen molar-refractivity contribution in [3.63, 3.8) is 0 Å². The predicted molar refractivity (Wildman–Crippen MR) is 316 cm³/mol. The summed E-state index contributed by atoms with van der Waals surface area (Å²) in [6.07, 6.45) is 70.1. The first-order valence-corrected chi connectivity index (χ1v) is 30.9. The molecule has 11 nitrogen and oxygen atoms in total. The maximum atomic E-state index is 12.9. The molecule has 0 aliphatic rings. The Morgan fingerprint density at radius 1 is 0.368 bits per heavy atom. The fraction of sp³-hybridized carbons (Fsp3) is 0.641. The molecule has 0 amide bonds. The second kappa shape index (κ2) is 57.1. The minimum absolute atomic E-state index is 0.135. The van der Waals surface area contributed by atoms with Crippen molar-refractivity contribution in [1.82, 2.24) is 0 Å². The highest BCUT2D eigenvalue weighted by atomic mass is 31.2. The topological polar surface area (TPSA) is 155 Å². The lowest BCUT2D eigenvalue weighted by atomic mass is 10.1. The lowest BCUT2D eigenvalue weighted by Crippen LogP contribution is -2.30. The number of phosphoric ester groups is 1. The van der Waals surface area contributed by atoms with Gasteiger partial charge in [0.15, 0.2) is 6.10 Å². The Hall–Kier alpha value is -4.12. The van der Waals surface area contributed by atoms with Crippen LogP contribution in [0.2, 0.25) is 0 Å². The molecule has 0 bridgehead atoms. The van der Waals surface area contributed by atoms with E-state index in [9.17, 15) is 28.9 Å². The summed E-state index contributed by atoms with van der Waals surface area (Å²) in [6.45, 7) is 4.24. The first kappa shape index (κ1) is 71.9. The van der Waals surface area contributed by atoms with Crippen LogP contribution >= 0.6 is 7.82 Å². The van der Waals surface area contributed by atoms with Crippen molar-refractivity contribution in [2.75, 3.05) is 26.4 Å². The van der Waals surface area contributed by atoms with E-state index in [0.29, 0.717) is 19.3 Å². The average Bonchev–Trinajstić information content (AvgIpc) is 3.41. The van der Waals surface area contributed by atoms with Crippen molar-refractivity contribution >= 4 is 25.7 Å². The van der Waals surface area contributed by atoms with Crippen LogP contribution in [-0.4, -0.2) is 66.5 Å². The van der Waals surface area contributed by atoms with Crippen molar-refractivity contribution in [2.24, 2.45) is 0 Å². The maximum Gasteiger partial charge on any atom is 0.472 e. The standard InChI is InChI=1S/C64H105O11P/c1-4-7-10-13-16-19-22-25-27-29-30-32-34-37-40-43-46-49-52-55-64(68)75-61(57-71-62(66)53-50-47-44-41-38-36-33-31-28-26-23-20-17-14-11-8-5-2)59-73-76(69,70)72-58-60(56-65)74-63(67)54-51-48-45-42-39-35-24-21-18-15-12-9-6-3/h7-12,16-21,25-28,30,32,35,39,60-61,65H,4-6,13-15,22-24,29,31,33-34,36-38,40-59H2,1-3H3,(H,69,70)/b10-7-,11-8-,12-9-,19-16-,20-17-,21-18-,27-25-,28-26-,32-30-,39-35-. The Labute approximate surface area is 462 Å². The Morgan fingerprint density at radius 3 is 1.00 bits per heavy atom. The molecule has 0 saturated heterocycles. The van der Waals surface area contributed by atoms with Gasteiger partial charge in [-0.15, -0.1) is 0 Å². The first-order chi connectivity index (χ1) is 37.2. The van der Waals surface area contributed by atoms with Gasteiger partial charge < -0.3 is 24.2 Å². The van der Waals surface area contributed by atoms with Crippen molar-refractivity contribution in [3.05, 3.63) is 122 Å². The predicted octanol–water partition coefficient (Wildman–Crippen LogP) is 17.6. The van der Waals surface area contributed by atoms with Gasteiger partial charge in [0.05, 0.1) is 19.8 Å². The number of rotatable bonds is 53. The van der Waals surface area contributed by atoms with E-state index in [1.807, 2.05) is 0 Å². The van der Waals surface area contributed by atoms with Crippen LogP contribution < -0.4 is 0 Å². The molecule has 0 rings (SSSR count). The summed E-state index contributed by atoms with van der Waals surface area (Å²) in [4.78, 5) is 48.6. The number of esters is 3. The van der Waals surface area contributed by atoms with E-state index < -0.39 is 57.8 Å². The van der Waals surface area contributed by atoms with Crippen LogP contribution in [0.4, 0.5) is 0 Å². The summed E-state index contributed by atoms with van der Waals surface area (Å²) in [5.41, 5.74) is 0. The summed E-state index contributed by atoms with van der Waals surface area (Å²) < 4.78 is 39.5. The minimum Gasteiger partial charge on any atom is -0.462 e. The molecule has 3 atom stereocenters. The summed E-state index contributed by atoms with van der Waals surface area (Å²) in [6, 6.07) is 0.